The van der Waals surface area contributed by atoms with E-state index in [9.17, 15) is 4.39 Å². The van der Waals surface area contributed by atoms with Gasteiger partial charge in [-0.2, -0.15) is 0 Å². The molecule has 6 nitrogen and oxygen atoms in total. The first kappa shape index (κ1) is 15.7. The maximum absolute atomic E-state index is 13.8. The summed E-state index contributed by atoms with van der Waals surface area (Å²) in [5.74, 6) is 0.860. The van der Waals surface area contributed by atoms with Crippen LogP contribution < -0.4 is 4.74 Å². The third kappa shape index (κ3) is 3.23. The maximum atomic E-state index is 13.8. The second-order valence-corrected chi connectivity index (χ2v) is 5.94. The van der Waals surface area contributed by atoms with Crippen molar-refractivity contribution in [1.29, 1.82) is 0 Å². The highest BCUT2D eigenvalue weighted by atomic mass is 19.1. The predicted molar refractivity (Wildman–Crippen MR) is 88.3 cm³/mol. The summed E-state index contributed by atoms with van der Waals surface area (Å²) >= 11 is 0. The molecule has 0 aromatic carbocycles. The molecule has 0 aliphatic carbocycles. The van der Waals surface area contributed by atoms with E-state index in [1.165, 1.54) is 13.2 Å². The lowest BCUT2D eigenvalue weighted by molar-refractivity contribution is 0.242. The van der Waals surface area contributed by atoms with E-state index in [2.05, 4.69) is 19.9 Å². The van der Waals surface area contributed by atoms with Crippen LogP contribution in [0.4, 0.5) is 4.39 Å². The van der Waals surface area contributed by atoms with Crippen LogP contribution >= 0.6 is 0 Å². The Morgan fingerprint density at radius 1 is 1.32 bits per heavy atom. The first-order valence-electron chi connectivity index (χ1n) is 8.02. The van der Waals surface area contributed by atoms with Gasteiger partial charge in [0.15, 0.2) is 17.4 Å². The molecule has 0 unspecified atom stereocenters. The number of pyridine rings is 1. The van der Waals surface area contributed by atoms with Gasteiger partial charge in [0.05, 0.1) is 19.1 Å². The first-order chi connectivity index (χ1) is 12.2. The Balaban J connectivity index is 1.48. The topological polar surface area (TPSA) is 64.3 Å². The summed E-state index contributed by atoms with van der Waals surface area (Å²) in [6.07, 6.45) is 5.92. The number of halogens is 1. The fourth-order valence-electron chi connectivity index (χ4n) is 2.99. The molecule has 128 valence electrons. The summed E-state index contributed by atoms with van der Waals surface area (Å²) < 4.78 is 24.0. The molecule has 0 fully saturated rings. The van der Waals surface area contributed by atoms with Gasteiger partial charge >= 0.3 is 0 Å². The Labute approximate surface area is 144 Å². The van der Waals surface area contributed by atoms with Gasteiger partial charge in [-0.25, -0.2) is 19.3 Å². The van der Waals surface area contributed by atoms with Crippen molar-refractivity contribution in [1.82, 2.24) is 19.9 Å². The molecule has 7 heteroatoms. The van der Waals surface area contributed by atoms with Gasteiger partial charge in [0.2, 0.25) is 5.88 Å². The molecule has 0 atom stereocenters. The molecule has 0 saturated heterocycles. The number of methoxy groups -OCH3 is 1. The molecule has 1 aliphatic heterocycles. The van der Waals surface area contributed by atoms with Crippen molar-refractivity contribution in [2.24, 2.45) is 0 Å². The van der Waals surface area contributed by atoms with Crippen molar-refractivity contribution in [2.75, 3.05) is 13.7 Å². The van der Waals surface area contributed by atoms with E-state index < -0.39 is 5.82 Å². The number of hydrogen-bond acceptors (Lipinski definition) is 6. The van der Waals surface area contributed by atoms with Crippen molar-refractivity contribution < 1.29 is 13.5 Å². The van der Waals surface area contributed by atoms with Gasteiger partial charge in [-0.3, -0.25) is 4.90 Å². The molecule has 1 aliphatic rings. The van der Waals surface area contributed by atoms with Crippen LogP contribution in [0.25, 0.3) is 11.6 Å². The lowest BCUT2D eigenvalue weighted by Gasteiger charge is -2.27. The number of nitrogens with zero attached hydrogens (tertiary/aromatic N) is 4. The number of rotatable bonds is 4. The van der Waals surface area contributed by atoms with Gasteiger partial charge in [0.25, 0.3) is 0 Å². The van der Waals surface area contributed by atoms with Gasteiger partial charge in [-0.05, 0) is 23.8 Å². The van der Waals surface area contributed by atoms with Gasteiger partial charge < -0.3 is 9.15 Å². The van der Waals surface area contributed by atoms with Gasteiger partial charge in [-0.15, -0.1) is 0 Å². The fraction of sp³-hybridized carbons (Fsp3) is 0.278. The van der Waals surface area contributed by atoms with Crippen LogP contribution in [0.15, 0.2) is 41.3 Å². The molecule has 4 rings (SSSR count). The average molecular weight is 340 g/mol. The molecule has 3 aromatic rings. The Morgan fingerprint density at radius 2 is 2.24 bits per heavy atom. The zero-order chi connectivity index (χ0) is 17.2. The summed E-state index contributed by atoms with van der Waals surface area (Å²) in [5.41, 5.74) is 2.94. The standard InChI is InChI=1S/C18H17FN4O2/c1-24-18-14(19)7-12(8-21-18)10-23-5-4-15-13(11-23)9-20-17(22-15)16-3-2-6-25-16/h2-3,6-9H,4-5,10-11H2,1H3. The van der Waals surface area contributed by atoms with Gasteiger partial charge in [0.1, 0.15) is 0 Å². The van der Waals surface area contributed by atoms with Crippen LogP contribution in [-0.4, -0.2) is 33.5 Å². The molecular formula is C18H17FN4O2. The molecule has 3 aromatic heterocycles. The van der Waals surface area contributed by atoms with Crippen LogP contribution in [0.2, 0.25) is 0 Å². The van der Waals surface area contributed by atoms with Crippen LogP contribution in [0.1, 0.15) is 16.8 Å². The quantitative estimate of drug-likeness (QED) is 0.728. The van der Waals surface area contributed by atoms with Crippen molar-refractivity contribution in [3.63, 3.8) is 0 Å². The van der Waals surface area contributed by atoms with E-state index in [1.54, 1.807) is 12.5 Å². The summed E-state index contributed by atoms with van der Waals surface area (Å²) in [7, 11) is 1.41. The zero-order valence-electron chi connectivity index (χ0n) is 13.8. The number of hydrogen-bond donors (Lipinski definition) is 0. The fourth-order valence-corrected chi connectivity index (χ4v) is 2.99. The monoisotopic (exact) mass is 340 g/mol. The first-order valence-corrected chi connectivity index (χ1v) is 8.02. The molecule has 0 bridgehead atoms. The lowest BCUT2D eigenvalue weighted by atomic mass is 10.1. The molecular weight excluding hydrogens is 323 g/mol. The molecule has 25 heavy (non-hydrogen) atoms. The summed E-state index contributed by atoms with van der Waals surface area (Å²) in [5, 5.41) is 0. The summed E-state index contributed by atoms with van der Waals surface area (Å²) in [4.78, 5) is 15.2. The SMILES string of the molecule is COc1ncc(CN2CCc3nc(-c4ccco4)ncc3C2)cc1F. The van der Waals surface area contributed by atoms with Crippen molar-refractivity contribution >= 4 is 0 Å². The maximum Gasteiger partial charge on any atom is 0.250 e. The molecule has 0 saturated carbocycles. The highest BCUT2D eigenvalue weighted by molar-refractivity contribution is 5.46. The number of ether oxygens (including phenoxy) is 1. The molecule has 0 N–H and O–H groups in total. The van der Waals surface area contributed by atoms with E-state index in [0.29, 0.717) is 18.1 Å². The summed E-state index contributed by atoms with van der Waals surface area (Å²) in [6.45, 7) is 2.18. The smallest absolute Gasteiger partial charge is 0.250 e. The minimum atomic E-state index is -0.441. The zero-order valence-corrected chi connectivity index (χ0v) is 13.8. The minimum absolute atomic E-state index is 0.0200. The average Bonchev–Trinajstić information content (AvgIpc) is 3.16. The second kappa shape index (κ2) is 6.60. The Bertz CT molecular complexity index is 883. The third-order valence-electron chi connectivity index (χ3n) is 4.22. The number of furan rings is 1. The normalized spacial score (nSPS) is 14.3. The van der Waals surface area contributed by atoms with E-state index in [1.807, 2.05) is 18.3 Å². The second-order valence-electron chi connectivity index (χ2n) is 5.94. The number of aromatic nitrogens is 3. The van der Waals surface area contributed by atoms with E-state index in [-0.39, 0.29) is 5.88 Å². The molecule has 4 heterocycles. The highest BCUT2D eigenvalue weighted by Gasteiger charge is 2.20. The van der Waals surface area contributed by atoms with E-state index in [4.69, 9.17) is 9.15 Å². The van der Waals surface area contributed by atoms with Crippen molar-refractivity contribution in [2.45, 2.75) is 19.5 Å². The van der Waals surface area contributed by atoms with Crippen molar-refractivity contribution in [3.8, 4) is 17.5 Å². The Morgan fingerprint density at radius 3 is 3.00 bits per heavy atom. The third-order valence-corrected chi connectivity index (χ3v) is 4.22. The van der Waals surface area contributed by atoms with Crippen LogP contribution in [0.3, 0.4) is 0 Å². The molecule has 0 amide bonds. The minimum Gasteiger partial charge on any atom is -0.479 e. The lowest BCUT2D eigenvalue weighted by Crippen LogP contribution is -2.31. The van der Waals surface area contributed by atoms with Crippen molar-refractivity contribution in [3.05, 3.63) is 59.5 Å². The van der Waals surface area contributed by atoms with Crippen LogP contribution in [0.5, 0.6) is 5.88 Å². The van der Waals surface area contributed by atoms with Gasteiger partial charge in [-0.1, -0.05) is 0 Å². The molecule has 0 radical (unpaired) electrons. The Kier molecular flexibility index (Phi) is 4.15. The number of fused-ring (bicyclic) bond motifs is 1. The Hall–Kier alpha value is -2.80. The van der Waals surface area contributed by atoms with E-state index in [0.717, 1.165) is 36.3 Å². The largest absolute Gasteiger partial charge is 0.479 e. The predicted octanol–water partition coefficient (Wildman–Crippen LogP) is 2.84. The van der Waals surface area contributed by atoms with Crippen LogP contribution in [-0.2, 0) is 19.5 Å². The molecule has 0 spiro atoms. The van der Waals surface area contributed by atoms with Gasteiger partial charge in [0, 0.05) is 44.0 Å². The van der Waals surface area contributed by atoms with E-state index >= 15 is 0 Å². The summed E-state index contributed by atoms with van der Waals surface area (Å²) in [6, 6.07) is 5.14. The van der Waals surface area contributed by atoms with Crippen LogP contribution in [0, 0.1) is 5.82 Å². The highest BCUT2D eigenvalue weighted by Crippen LogP contribution is 2.23.